The highest BCUT2D eigenvalue weighted by atomic mass is 35.5. The van der Waals surface area contributed by atoms with Crippen LogP contribution in [0.15, 0.2) is 24.4 Å². The summed E-state index contributed by atoms with van der Waals surface area (Å²) in [6.07, 6.45) is 1.37. The van der Waals surface area contributed by atoms with Crippen LogP contribution in [0.5, 0.6) is 0 Å². The van der Waals surface area contributed by atoms with Gasteiger partial charge in [-0.3, -0.25) is 0 Å². The van der Waals surface area contributed by atoms with E-state index in [1.165, 1.54) is 18.3 Å². The average molecular weight is 294 g/mol. The monoisotopic (exact) mass is 293 g/mol. The zero-order chi connectivity index (χ0) is 14.4. The van der Waals surface area contributed by atoms with Gasteiger partial charge in [0.1, 0.15) is 5.82 Å². The fourth-order valence-electron chi connectivity index (χ4n) is 2.23. The van der Waals surface area contributed by atoms with Crippen LogP contribution < -0.4 is 0 Å². The highest BCUT2D eigenvalue weighted by Gasteiger charge is 2.16. The molecule has 102 valence electrons. The smallest absolute Gasteiger partial charge is 0.212 e. The molecule has 3 rings (SSSR count). The van der Waals surface area contributed by atoms with Gasteiger partial charge in [-0.05, 0) is 37.6 Å². The van der Waals surface area contributed by atoms with Crippen molar-refractivity contribution in [2.75, 3.05) is 0 Å². The lowest BCUT2D eigenvalue weighted by Crippen LogP contribution is -1.99. The van der Waals surface area contributed by atoms with E-state index >= 15 is 0 Å². The molecule has 0 radical (unpaired) electrons. The maximum Gasteiger partial charge on any atom is 0.212 e. The van der Waals surface area contributed by atoms with Crippen LogP contribution in [-0.2, 0) is 0 Å². The maximum absolute atomic E-state index is 13.7. The van der Waals surface area contributed by atoms with E-state index in [1.807, 2.05) is 0 Å². The van der Waals surface area contributed by atoms with Crippen LogP contribution in [0, 0.1) is 25.6 Å². The summed E-state index contributed by atoms with van der Waals surface area (Å²) in [6, 6.07) is 4.17. The predicted octanol–water partition coefficient (Wildman–Crippen LogP) is 3.97. The molecule has 0 aliphatic heterocycles. The van der Waals surface area contributed by atoms with Gasteiger partial charge in [0.2, 0.25) is 5.95 Å². The van der Waals surface area contributed by atoms with Gasteiger partial charge >= 0.3 is 0 Å². The van der Waals surface area contributed by atoms with Gasteiger partial charge in [-0.1, -0.05) is 11.6 Å². The second-order valence-electron chi connectivity index (χ2n) is 4.53. The molecule has 0 amide bonds. The Morgan fingerprint density at radius 2 is 1.95 bits per heavy atom. The summed E-state index contributed by atoms with van der Waals surface area (Å²) in [5.74, 6) is -1.04. The molecule has 1 aromatic carbocycles. The third-order valence-electron chi connectivity index (χ3n) is 3.23. The summed E-state index contributed by atoms with van der Waals surface area (Å²) in [5.41, 5.74) is 2.55. The van der Waals surface area contributed by atoms with Gasteiger partial charge in [0.25, 0.3) is 0 Å². The normalized spacial score (nSPS) is 11.2. The van der Waals surface area contributed by atoms with Crippen LogP contribution in [-0.4, -0.2) is 14.8 Å². The van der Waals surface area contributed by atoms with Crippen LogP contribution in [0.25, 0.3) is 16.6 Å². The second-order valence-corrected chi connectivity index (χ2v) is 4.91. The topological polar surface area (TPSA) is 30.7 Å². The molecule has 0 aliphatic rings. The van der Waals surface area contributed by atoms with E-state index in [9.17, 15) is 8.78 Å². The molecule has 20 heavy (non-hydrogen) atoms. The molecule has 0 unspecified atom stereocenters. The number of aromatic nitrogens is 3. The summed E-state index contributed by atoms with van der Waals surface area (Å²) in [4.78, 5) is 3.61. The molecule has 0 fully saturated rings. The maximum atomic E-state index is 13.7. The van der Waals surface area contributed by atoms with Crippen molar-refractivity contribution in [3.63, 3.8) is 0 Å². The van der Waals surface area contributed by atoms with Crippen molar-refractivity contribution in [1.82, 2.24) is 14.8 Å². The van der Waals surface area contributed by atoms with Crippen molar-refractivity contribution in [3.05, 3.63) is 52.4 Å². The number of hydrogen-bond acceptors (Lipinski definition) is 2. The first-order valence-corrected chi connectivity index (χ1v) is 6.32. The molecule has 0 saturated carbocycles. The van der Waals surface area contributed by atoms with Gasteiger partial charge in [0.05, 0.1) is 28.1 Å². The van der Waals surface area contributed by atoms with Crippen molar-refractivity contribution in [2.45, 2.75) is 13.8 Å². The summed E-state index contributed by atoms with van der Waals surface area (Å²) >= 11 is 5.96. The molecule has 0 N–H and O–H groups in total. The Bertz CT molecular complexity index is 810. The van der Waals surface area contributed by atoms with E-state index in [2.05, 4.69) is 10.1 Å². The molecular weight excluding hydrogens is 284 g/mol. The Balaban J connectivity index is 2.37. The lowest BCUT2D eigenvalue weighted by molar-refractivity contribution is 0.582. The number of pyridine rings is 1. The third kappa shape index (κ3) is 1.86. The molecule has 0 spiro atoms. The highest BCUT2D eigenvalue weighted by molar-refractivity contribution is 6.32. The van der Waals surface area contributed by atoms with E-state index in [0.29, 0.717) is 27.8 Å². The van der Waals surface area contributed by atoms with Gasteiger partial charge in [-0.2, -0.15) is 9.49 Å². The van der Waals surface area contributed by atoms with Crippen molar-refractivity contribution >= 4 is 22.5 Å². The minimum Gasteiger partial charge on any atom is -0.231 e. The zero-order valence-corrected chi connectivity index (χ0v) is 11.5. The lowest BCUT2D eigenvalue weighted by atomic mass is 10.1. The van der Waals surface area contributed by atoms with Crippen LogP contribution >= 0.6 is 11.6 Å². The number of nitrogens with zero attached hydrogens (tertiary/aromatic N) is 3. The largest absolute Gasteiger partial charge is 0.231 e. The van der Waals surface area contributed by atoms with Crippen molar-refractivity contribution in [2.24, 2.45) is 0 Å². The first-order chi connectivity index (χ1) is 9.49. The van der Waals surface area contributed by atoms with Gasteiger partial charge in [0.15, 0.2) is 0 Å². The molecule has 0 bridgehead atoms. The Morgan fingerprint density at radius 3 is 2.60 bits per heavy atom. The molecule has 3 nitrogen and oxygen atoms in total. The number of benzene rings is 1. The third-order valence-corrected chi connectivity index (χ3v) is 3.69. The Hall–Kier alpha value is -2.01. The summed E-state index contributed by atoms with van der Waals surface area (Å²) in [6.45, 7) is 3.50. The molecule has 6 heteroatoms. The van der Waals surface area contributed by atoms with E-state index in [1.54, 1.807) is 24.6 Å². The molecular formula is C14H10ClF2N3. The summed E-state index contributed by atoms with van der Waals surface area (Å²) < 4.78 is 28.2. The summed E-state index contributed by atoms with van der Waals surface area (Å²) in [5, 5.41) is 5.10. The fourth-order valence-corrected chi connectivity index (χ4v) is 2.37. The quantitative estimate of drug-likeness (QED) is 0.636. The number of rotatable bonds is 1. The van der Waals surface area contributed by atoms with Gasteiger partial charge < -0.3 is 0 Å². The molecule has 3 aromatic rings. The number of fused-ring (bicyclic) bond motifs is 1. The molecule has 0 aliphatic carbocycles. The van der Waals surface area contributed by atoms with Crippen LogP contribution in [0.2, 0.25) is 5.02 Å². The van der Waals surface area contributed by atoms with Gasteiger partial charge in [-0.15, -0.1) is 0 Å². The minimum atomic E-state index is -0.567. The van der Waals surface area contributed by atoms with E-state index in [0.717, 1.165) is 0 Å². The van der Waals surface area contributed by atoms with Crippen molar-refractivity contribution < 1.29 is 8.78 Å². The molecule has 2 heterocycles. The number of aryl methyl sites for hydroxylation is 2. The van der Waals surface area contributed by atoms with Crippen molar-refractivity contribution in [1.29, 1.82) is 0 Å². The van der Waals surface area contributed by atoms with Crippen molar-refractivity contribution in [3.8, 4) is 5.69 Å². The Labute approximate surface area is 118 Å². The first-order valence-electron chi connectivity index (χ1n) is 5.95. The zero-order valence-electron chi connectivity index (χ0n) is 10.8. The van der Waals surface area contributed by atoms with E-state index in [-0.39, 0.29) is 5.02 Å². The SMILES string of the molecule is Cc1nn(-c2ccc(F)nc2)c2c(C)c(Cl)c(F)cc12. The second kappa shape index (κ2) is 4.52. The predicted molar refractivity (Wildman–Crippen MR) is 73.3 cm³/mol. The van der Waals surface area contributed by atoms with Gasteiger partial charge in [-0.25, -0.2) is 14.1 Å². The molecule has 2 aromatic heterocycles. The molecule has 0 saturated heterocycles. The highest BCUT2D eigenvalue weighted by Crippen LogP contribution is 2.31. The Kier molecular flexibility index (Phi) is 2.94. The molecule has 0 atom stereocenters. The minimum absolute atomic E-state index is 0.0636. The summed E-state index contributed by atoms with van der Waals surface area (Å²) in [7, 11) is 0. The number of hydrogen-bond donors (Lipinski definition) is 0. The average Bonchev–Trinajstić information content (AvgIpc) is 2.74. The number of halogens is 3. The van der Waals surface area contributed by atoms with Crippen LogP contribution in [0.3, 0.4) is 0 Å². The van der Waals surface area contributed by atoms with Gasteiger partial charge in [0, 0.05) is 5.39 Å². The van der Waals surface area contributed by atoms with Crippen LogP contribution in [0.1, 0.15) is 11.3 Å². The fraction of sp³-hybridized carbons (Fsp3) is 0.143. The lowest BCUT2D eigenvalue weighted by Gasteiger charge is -2.07. The van der Waals surface area contributed by atoms with E-state index in [4.69, 9.17) is 11.6 Å². The standard InChI is InChI=1S/C14H10ClF2N3/c1-7-13(15)11(16)5-10-8(2)19-20(14(7)10)9-3-4-12(17)18-6-9/h3-6H,1-2H3. The Morgan fingerprint density at radius 1 is 1.20 bits per heavy atom. The first kappa shape index (κ1) is 13.0. The van der Waals surface area contributed by atoms with E-state index < -0.39 is 11.8 Å². The van der Waals surface area contributed by atoms with Crippen LogP contribution in [0.4, 0.5) is 8.78 Å².